The second-order valence-electron chi connectivity index (χ2n) is 5.11. The summed E-state index contributed by atoms with van der Waals surface area (Å²) in [4.78, 5) is 14.2. The van der Waals surface area contributed by atoms with Gasteiger partial charge in [0.2, 0.25) is 0 Å². The molecule has 1 aromatic carbocycles. The van der Waals surface area contributed by atoms with Crippen LogP contribution >= 0.6 is 12.4 Å². The molecule has 0 radical (unpaired) electrons. The van der Waals surface area contributed by atoms with Crippen LogP contribution in [0, 0.1) is 18.7 Å². The Morgan fingerprint density at radius 2 is 2.21 bits per heavy atom. The molecule has 2 rings (SSSR count). The summed E-state index contributed by atoms with van der Waals surface area (Å²) >= 11 is 0. The predicted octanol–water partition coefficient (Wildman–Crippen LogP) is 2.37. The van der Waals surface area contributed by atoms with Crippen LogP contribution in [0.5, 0.6) is 0 Å². The van der Waals surface area contributed by atoms with E-state index in [2.05, 4.69) is 0 Å². The average Bonchev–Trinajstić information content (AvgIpc) is 2.73. The SMILES string of the molecule is Cc1cc(C(=O)N2CC(CN)CC2C)ccc1F.Cl. The number of benzene rings is 1. The summed E-state index contributed by atoms with van der Waals surface area (Å²) in [5, 5.41) is 0. The Labute approximate surface area is 119 Å². The van der Waals surface area contributed by atoms with E-state index in [4.69, 9.17) is 5.73 Å². The molecule has 1 heterocycles. The summed E-state index contributed by atoms with van der Waals surface area (Å²) in [5.41, 5.74) is 6.71. The van der Waals surface area contributed by atoms with E-state index in [9.17, 15) is 9.18 Å². The van der Waals surface area contributed by atoms with Crippen LogP contribution in [-0.2, 0) is 0 Å². The third-order valence-electron chi connectivity index (χ3n) is 3.66. The van der Waals surface area contributed by atoms with Crippen molar-refractivity contribution in [3.05, 3.63) is 35.1 Å². The maximum atomic E-state index is 13.2. The molecule has 0 saturated carbocycles. The monoisotopic (exact) mass is 286 g/mol. The van der Waals surface area contributed by atoms with Gasteiger partial charge in [-0.05, 0) is 56.5 Å². The molecule has 0 bridgehead atoms. The van der Waals surface area contributed by atoms with Crippen LogP contribution in [0.15, 0.2) is 18.2 Å². The Kier molecular flexibility index (Phi) is 5.32. The lowest BCUT2D eigenvalue weighted by Gasteiger charge is -2.21. The maximum Gasteiger partial charge on any atom is 0.254 e. The molecule has 0 spiro atoms. The fraction of sp³-hybridized carbons (Fsp3) is 0.500. The van der Waals surface area contributed by atoms with Crippen molar-refractivity contribution in [2.45, 2.75) is 26.3 Å². The Balaban J connectivity index is 0.00000180. The lowest BCUT2D eigenvalue weighted by Crippen LogP contribution is -2.34. The molecule has 2 N–H and O–H groups in total. The number of rotatable bonds is 2. The first-order valence-electron chi connectivity index (χ1n) is 6.30. The van der Waals surface area contributed by atoms with Crippen LogP contribution in [0.2, 0.25) is 0 Å². The van der Waals surface area contributed by atoms with Gasteiger partial charge in [-0.3, -0.25) is 4.79 Å². The first-order valence-corrected chi connectivity index (χ1v) is 6.30. The van der Waals surface area contributed by atoms with Crippen molar-refractivity contribution in [2.24, 2.45) is 11.7 Å². The molecule has 106 valence electrons. The van der Waals surface area contributed by atoms with Gasteiger partial charge in [0, 0.05) is 18.2 Å². The molecule has 0 aliphatic carbocycles. The van der Waals surface area contributed by atoms with Crippen LogP contribution in [0.3, 0.4) is 0 Å². The van der Waals surface area contributed by atoms with Gasteiger partial charge in [0.1, 0.15) is 5.82 Å². The molecule has 2 unspecified atom stereocenters. The highest BCUT2D eigenvalue weighted by atomic mass is 35.5. The van der Waals surface area contributed by atoms with Crippen LogP contribution < -0.4 is 5.73 Å². The minimum Gasteiger partial charge on any atom is -0.336 e. The fourth-order valence-corrected chi connectivity index (χ4v) is 2.54. The van der Waals surface area contributed by atoms with E-state index >= 15 is 0 Å². The quantitative estimate of drug-likeness (QED) is 0.907. The van der Waals surface area contributed by atoms with Crippen molar-refractivity contribution >= 4 is 18.3 Å². The third kappa shape index (κ3) is 3.25. The molecule has 0 aromatic heterocycles. The van der Waals surface area contributed by atoms with Gasteiger partial charge in [-0.15, -0.1) is 12.4 Å². The number of halogens is 2. The van der Waals surface area contributed by atoms with Crippen LogP contribution in [0.4, 0.5) is 4.39 Å². The minimum atomic E-state index is -0.277. The molecular weight excluding hydrogens is 267 g/mol. The third-order valence-corrected chi connectivity index (χ3v) is 3.66. The van der Waals surface area contributed by atoms with Gasteiger partial charge >= 0.3 is 0 Å². The van der Waals surface area contributed by atoms with Gasteiger partial charge < -0.3 is 10.6 Å². The molecule has 1 saturated heterocycles. The largest absolute Gasteiger partial charge is 0.336 e. The summed E-state index contributed by atoms with van der Waals surface area (Å²) in [5.74, 6) is 0.0768. The highest BCUT2D eigenvalue weighted by Crippen LogP contribution is 2.24. The number of likely N-dealkylation sites (tertiary alicyclic amines) is 1. The normalized spacial score (nSPS) is 22.2. The van der Waals surface area contributed by atoms with Crippen molar-refractivity contribution in [2.75, 3.05) is 13.1 Å². The van der Waals surface area contributed by atoms with E-state index in [-0.39, 0.29) is 30.2 Å². The van der Waals surface area contributed by atoms with E-state index in [0.29, 0.717) is 30.1 Å². The summed E-state index contributed by atoms with van der Waals surface area (Å²) < 4.78 is 13.2. The summed E-state index contributed by atoms with van der Waals surface area (Å²) in [6.07, 6.45) is 0.947. The Bertz CT molecular complexity index is 467. The van der Waals surface area contributed by atoms with E-state index < -0.39 is 0 Å². The molecule has 1 aliphatic heterocycles. The van der Waals surface area contributed by atoms with Crippen LogP contribution in [-0.4, -0.2) is 29.9 Å². The molecule has 1 aliphatic rings. The maximum absolute atomic E-state index is 13.2. The Morgan fingerprint density at radius 3 is 2.74 bits per heavy atom. The lowest BCUT2D eigenvalue weighted by atomic mass is 10.1. The molecule has 1 amide bonds. The van der Waals surface area contributed by atoms with Crippen molar-refractivity contribution in [3.8, 4) is 0 Å². The topological polar surface area (TPSA) is 46.3 Å². The van der Waals surface area contributed by atoms with Crippen LogP contribution in [0.25, 0.3) is 0 Å². The molecular formula is C14H20ClFN2O. The van der Waals surface area contributed by atoms with E-state index in [1.807, 2.05) is 11.8 Å². The number of carbonyl (C=O) groups is 1. The predicted molar refractivity (Wildman–Crippen MR) is 76.0 cm³/mol. The van der Waals surface area contributed by atoms with Gasteiger partial charge in [0.25, 0.3) is 5.91 Å². The molecule has 19 heavy (non-hydrogen) atoms. The van der Waals surface area contributed by atoms with Crippen LogP contribution in [0.1, 0.15) is 29.3 Å². The number of hydrogen-bond acceptors (Lipinski definition) is 2. The Morgan fingerprint density at radius 1 is 1.53 bits per heavy atom. The Hall–Kier alpha value is -1.13. The van der Waals surface area contributed by atoms with E-state index in [1.54, 1.807) is 19.1 Å². The summed E-state index contributed by atoms with van der Waals surface area (Å²) in [7, 11) is 0. The molecule has 5 heteroatoms. The fourth-order valence-electron chi connectivity index (χ4n) is 2.54. The minimum absolute atomic E-state index is 0. The van der Waals surface area contributed by atoms with Crippen molar-refractivity contribution in [1.82, 2.24) is 4.90 Å². The van der Waals surface area contributed by atoms with Gasteiger partial charge in [-0.1, -0.05) is 0 Å². The standard InChI is InChI=1S/C14H19FN2O.ClH/c1-9-5-12(3-4-13(9)15)14(18)17-8-11(7-16)6-10(17)2;/h3-5,10-11H,6-8,16H2,1-2H3;1H. The first-order chi connectivity index (χ1) is 8.52. The van der Waals surface area contributed by atoms with Crippen molar-refractivity contribution in [1.29, 1.82) is 0 Å². The average molecular weight is 287 g/mol. The van der Waals surface area contributed by atoms with Gasteiger partial charge in [0.05, 0.1) is 0 Å². The summed E-state index contributed by atoms with van der Waals surface area (Å²) in [6, 6.07) is 4.72. The van der Waals surface area contributed by atoms with E-state index in [0.717, 1.165) is 6.42 Å². The number of amides is 1. The van der Waals surface area contributed by atoms with E-state index in [1.165, 1.54) is 6.07 Å². The smallest absolute Gasteiger partial charge is 0.254 e. The summed E-state index contributed by atoms with van der Waals surface area (Å²) in [6.45, 7) is 5.01. The zero-order valence-electron chi connectivity index (χ0n) is 11.2. The van der Waals surface area contributed by atoms with Gasteiger partial charge in [-0.25, -0.2) is 4.39 Å². The zero-order chi connectivity index (χ0) is 13.3. The molecule has 1 aromatic rings. The second-order valence-corrected chi connectivity index (χ2v) is 5.11. The second kappa shape index (κ2) is 6.35. The number of hydrogen-bond donors (Lipinski definition) is 1. The van der Waals surface area contributed by atoms with Crippen molar-refractivity contribution in [3.63, 3.8) is 0 Å². The lowest BCUT2D eigenvalue weighted by molar-refractivity contribution is 0.0743. The number of carbonyl (C=O) groups excluding carboxylic acids is 1. The highest BCUT2D eigenvalue weighted by molar-refractivity contribution is 5.94. The van der Waals surface area contributed by atoms with Crippen molar-refractivity contribution < 1.29 is 9.18 Å². The molecule has 1 fully saturated rings. The highest BCUT2D eigenvalue weighted by Gasteiger charge is 2.32. The number of aryl methyl sites for hydroxylation is 1. The zero-order valence-corrected chi connectivity index (χ0v) is 12.0. The van der Waals surface area contributed by atoms with Gasteiger partial charge in [0.15, 0.2) is 0 Å². The number of nitrogens with two attached hydrogens (primary N) is 1. The number of nitrogens with zero attached hydrogens (tertiary/aromatic N) is 1. The molecule has 3 nitrogen and oxygen atoms in total. The first kappa shape index (κ1) is 15.9. The molecule has 2 atom stereocenters. The van der Waals surface area contributed by atoms with Gasteiger partial charge in [-0.2, -0.15) is 0 Å².